The van der Waals surface area contributed by atoms with Crippen LogP contribution in [0.4, 0.5) is 4.79 Å². The zero-order chi connectivity index (χ0) is 22.0. The lowest BCUT2D eigenvalue weighted by molar-refractivity contribution is -0.139. The van der Waals surface area contributed by atoms with E-state index < -0.39 is 17.0 Å². The number of alkyl carbamates (subject to hydrolysis) is 1. The second-order valence-corrected chi connectivity index (χ2v) is 9.09. The standard InChI is InChI=1S/C20H39NO7S/c1-18(2)19(22)27-15-11-9-7-6-8-10-12-16-28-20(23)21-14-13-17-29(24-3,25-4)26-5/h1,6-17H2,2-5H3,(H,21,23). The highest BCUT2D eigenvalue weighted by atomic mass is 32.3. The molecule has 0 atom stereocenters. The van der Waals surface area contributed by atoms with Crippen LogP contribution in [0, 0.1) is 0 Å². The molecule has 0 aliphatic rings. The second kappa shape index (κ2) is 17.6. The highest BCUT2D eigenvalue weighted by Gasteiger charge is 2.22. The summed E-state index contributed by atoms with van der Waals surface area (Å²) in [6, 6.07) is 0. The highest BCUT2D eigenvalue weighted by molar-refractivity contribution is 8.21. The van der Waals surface area contributed by atoms with Gasteiger partial charge in [0.05, 0.1) is 45.4 Å². The number of ether oxygens (including phenoxy) is 2. The van der Waals surface area contributed by atoms with Gasteiger partial charge in [-0.25, -0.2) is 9.59 Å². The molecule has 0 aromatic carbocycles. The van der Waals surface area contributed by atoms with Crippen LogP contribution in [0.15, 0.2) is 12.2 Å². The van der Waals surface area contributed by atoms with E-state index in [1.54, 1.807) is 28.3 Å². The Morgan fingerprint density at radius 2 is 1.28 bits per heavy atom. The van der Waals surface area contributed by atoms with Crippen LogP contribution in [0.5, 0.6) is 0 Å². The molecule has 0 heterocycles. The number of carbonyl (C=O) groups is 2. The van der Waals surface area contributed by atoms with Crippen molar-refractivity contribution in [3.8, 4) is 0 Å². The van der Waals surface area contributed by atoms with Crippen LogP contribution in [-0.2, 0) is 26.8 Å². The first-order valence-electron chi connectivity index (χ1n) is 10.1. The first-order valence-corrected chi connectivity index (χ1v) is 11.7. The van der Waals surface area contributed by atoms with Crippen LogP contribution in [0.25, 0.3) is 0 Å². The Morgan fingerprint density at radius 3 is 1.76 bits per heavy atom. The Kier molecular flexibility index (Phi) is 16.8. The van der Waals surface area contributed by atoms with Crippen molar-refractivity contribution in [3.63, 3.8) is 0 Å². The van der Waals surface area contributed by atoms with Crippen LogP contribution in [0.3, 0.4) is 0 Å². The van der Waals surface area contributed by atoms with Crippen LogP contribution in [0.1, 0.15) is 58.3 Å². The smallest absolute Gasteiger partial charge is 0.407 e. The minimum atomic E-state index is -1.97. The third-order valence-corrected chi connectivity index (χ3v) is 6.52. The van der Waals surface area contributed by atoms with Gasteiger partial charge in [0.15, 0.2) is 0 Å². The summed E-state index contributed by atoms with van der Waals surface area (Å²) < 4.78 is 26.0. The Morgan fingerprint density at radius 1 is 0.793 bits per heavy atom. The molecule has 1 N–H and O–H groups in total. The molecule has 0 aliphatic carbocycles. The van der Waals surface area contributed by atoms with Gasteiger partial charge in [-0.1, -0.05) is 38.7 Å². The summed E-state index contributed by atoms with van der Waals surface area (Å²) in [7, 11) is 2.67. The van der Waals surface area contributed by atoms with Crippen molar-refractivity contribution < 1.29 is 31.6 Å². The van der Waals surface area contributed by atoms with E-state index in [0.717, 1.165) is 44.9 Å². The van der Waals surface area contributed by atoms with Gasteiger partial charge in [0.1, 0.15) is 0 Å². The Hall–Kier alpha value is -1.29. The SMILES string of the molecule is C=C(C)C(=O)OCCCCCCCCCOC(=O)NCCCS(OC)(OC)OC. The topological polar surface area (TPSA) is 92.3 Å². The fourth-order valence-corrected chi connectivity index (χ4v) is 3.89. The van der Waals surface area contributed by atoms with Gasteiger partial charge in [0.25, 0.3) is 0 Å². The van der Waals surface area contributed by atoms with Crippen molar-refractivity contribution in [2.24, 2.45) is 0 Å². The monoisotopic (exact) mass is 437 g/mol. The number of hydrogen-bond acceptors (Lipinski definition) is 7. The second-order valence-electron chi connectivity index (χ2n) is 6.57. The molecule has 0 aliphatic heterocycles. The third kappa shape index (κ3) is 14.4. The van der Waals surface area contributed by atoms with Gasteiger partial charge >= 0.3 is 12.1 Å². The predicted molar refractivity (Wildman–Crippen MR) is 116 cm³/mol. The van der Waals surface area contributed by atoms with Crippen LogP contribution in [-0.4, -0.2) is 58.9 Å². The summed E-state index contributed by atoms with van der Waals surface area (Å²) >= 11 is 0. The Bertz CT molecular complexity index is 461. The first kappa shape index (κ1) is 27.7. The molecule has 0 fully saturated rings. The van der Waals surface area contributed by atoms with Crippen molar-refractivity contribution in [2.75, 3.05) is 46.8 Å². The fraction of sp³-hybridized carbons (Fsp3) is 0.800. The van der Waals surface area contributed by atoms with Crippen molar-refractivity contribution in [1.29, 1.82) is 0 Å². The van der Waals surface area contributed by atoms with Gasteiger partial charge in [-0.2, -0.15) is 0 Å². The molecule has 0 saturated heterocycles. The number of hydrogen-bond donors (Lipinski definition) is 1. The number of nitrogens with one attached hydrogen (secondary N) is 1. The molecule has 0 rings (SSSR count). The summed E-state index contributed by atoms with van der Waals surface area (Å²) in [5.74, 6) is 0.260. The van der Waals surface area contributed by atoms with E-state index in [4.69, 9.17) is 22.0 Å². The van der Waals surface area contributed by atoms with Crippen molar-refractivity contribution >= 4 is 22.9 Å². The van der Waals surface area contributed by atoms with E-state index in [1.807, 2.05) is 0 Å². The molecule has 1 amide bonds. The zero-order valence-electron chi connectivity index (χ0n) is 18.5. The summed E-state index contributed by atoms with van der Waals surface area (Å²) in [4.78, 5) is 22.8. The number of esters is 1. The normalized spacial score (nSPS) is 11.7. The molecule has 0 aromatic rings. The molecule has 0 spiro atoms. The van der Waals surface area contributed by atoms with Crippen LogP contribution in [0.2, 0.25) is 0 Å². The molecule has 0 aromatic heterocycles. The molecular formula is C20H39NO7S. The van der Waals surface area contributed by atoms with Gasteiger partial charge in [0.2, 0.25) is 0 Å². The van der Waals surface area contributed by atoms with E-state index in [1.165, 1.54) is 0 Å². The van der Waals surface area contributed by atoms with Gasteiger partial charge in [0, 0.05) is 17.9 Å². The third-order valence-electron chi connectivity index (χ3n) is 4.21. The lowest BCUT2D eigenvalue weighted by atomic mass is 10.1. The van der Waals surface area contributed by atoms with Gasteiger partial charge in [-0.15, -0.1) is 0 Å². The average molecular weight is 438 g/mol. The largest absolute Gasteiger partial charge is 0.462 e. The summed E-state index contributed by atoms with van der Waals surface area (Å²) in [5, 5.41) is 2.72. The zero-order valence-corrected chi connectivity index (χ0v) is 19.3. The van der Waals surface area contributed by atoms with E-state index in [0.29, 0.717) is 37.5 Å². The lowest BCUT2D eigenvalue weighted by Gasteiger charge is -2.33. The average Bonchev–Trinajstić information content (AvgIpc) is 2.72. The minimum Gasteiger partial charge on any atom is -0.462 e. The number of unbranched alkanes of at least 4 members (excludes halogenated alkanes) is 6. The number of carbonyl (C=O) groups excluding carboxylic acids is 2. The first-order chi connectivity index (χ1) is 13.9. The Balaban J connectivity index is 3.46. The van der Waals surface area contributed by atoms with Gasteiger partial charge in [-0.3, -0.25) is 12.5 Å². The molecule has 0 bridgehead atoms. The quantitative estimate of drug-likeness (QED) is 0.192. The van der Waals surface area contributed by atoms with Crippen molar-refractivity contribution in [1.82, 2.24) is 5.32 Å². The maximum Gasteiger partial charge on any atom is 0.407 e. The molecule has 9 heteroatoms. The fourth-order valence-electron chi connectivity index (χ4n) is 2.49. The molecule has 8 nitrogen and oxygen atoms in total. The summed E-state index contributed by atoms with van der Waals surface area (Å²) in [5.41, 5.74) is 0.437. The van der Waals surface area contributed by atoms with Gasteiger partial charge in [-0.05, 0) is 26.2 Å². The summed E-state index contributed by atoms with van der Waals surface area (Å²) in [6.07, 6.45) is 7.42. The molecule has 0 saturated carbocycles. The Labute approximate surface area is 177 Å². The van der Waals surface area contributed by atoms with Crippen molar-refractivity contribution in [3.05, 3.63) is 12.2 Å². The van der Waals surface area contributed by atoms with E-state index in [9.17, 15) is 9.59 Å². The van der Waals surface area contributed by atoms with Crippen LogP contribution < -0.4 is 5.32 Å². The van der Waals surface area contributed by atoms with Gasteiger partial charge < -0.3 is 14.8 Å². The minimum absolute atomic E-state index is 0.316. The summed E-state index contributed by atoms with van der Waals surface area (Å²) in [6.45, 7) is 6.55. The van der Waals surface area contributed by atoms with E-state index >= 15 is 0 Å². The predicted octanol–water partition coefficient (Wildman–Crippen LogP) is 4.44. The van der Waals surface area contributed by atoms with Crippen molar-refractivity contribution in [2.45, 2.75) is 58.3 Å². The molecule has 0 unspecified atom stereocenters. The number of rotatable bonds is 18. The van der Waals surface area contributed by atoms with E-state index in [2.05, 4.69) is 11.9 Å². The maximum atomic E-state index is 11.6. The molecule has 0 radical (unpaired) electrons. The maximum absolute atomic E-state index is 11.6. The molecule has 172 valence electrons. The van der Waals surface area contributed by atoms with E-state index in [-0.39, 0.29) is 5.97 Å². The highest BCUT2D eigenvalue weighted by Crippen LogP contribution is 2.49. The molecular weight excluding hydrogens is 398 g/mol. The lowest BCUT2D eigenvalue weighted by Crippen LogP contribution is -2.27. The molecule has 29 heavy (non-hydrogen) atoms. The number of amides is 1. The van der Waals surface area contributed by atoms with Crippen LogP contribution >= 0.6 is 10.9 Å².